The van der Waals surface area contributed by atoms with Gasteiger partial charge in [0.25, 0.3) is 0 Å². The molecule has 35 heavy (non-hydrogen) atoms. The smallest absolute Gasteiger partial charge is 0.242 e. The number of aryl methyl sites for hydroxylation is 1. The minimum atomic E-state index is -0.542. The van der Waals surface area contributed by atoms with Gasteiger partial charge in [-0.15, -0.1) is 0 Å². The Morgan fingerprint density at radius 3 is 2.40 bits per heavy atom. The van der Waals surface area contributed by atoms with Gasteiger partial charge in [-0.1, -0.05) is 80.9 Å². The standard InChI is InChI=1S/C30H39N3O2/c1-24(2)30(23-31,26-16-7-4-8-17-26)20-10-9-19-28(34)33-22-12-18-27(33)29(35)32-21-11-15-25-13-5-3-6-14-25/h3-8,13-14,16-17,24,27H,9-12,15,18-22H2,1-2H3,(H,32,35)/t27-,30?/m1/s1. The molecule has 2 aromatic carbocycles. The van der Waals surface area contributed by atoms with Gasteiger partial charge in [0.2, 0.25) is 11.8 Å². The first-order valence-electron chi connectivity index (χ1n) is 13.1. The number of benzene rings is 2. The molecule has 0 bridgehead atoms. The highest BCUT2D eigenvalue weighted by molar-refractivity contribution is 5.88. The van der Waals surface area contributed by atoms with E-state index in [-0.39, 0.29) is 23.8 Å². The number of hydrogen-bond acceptors (Lipinski definition) is 3. The van der Waals surface area contributed by atoms with Crippen molar-refractivity contribution in [3.8, 4) is 6.07 Å². The third kappa shape index (κ3) is 6.94. The largest absolute Gasteiger partial charge is 0.354 e. The molecule has 1 heterocycles. The fraction of sp³-hybridized carbons (Fsp3) is 0.500. The zero-order valence-electron chi connectivity index (χ0n) is 21.2. The van der Waals surface area contributed by atoms with Crippen LogP contribution in [0.4, 0.5) is 0 Å². The van der Waals surface area contributed by atoms with Gasteiger partial charge in [0, 0.05) is 19.5 Å². The summed E-state index contributed by atoms with van der Waals surface area (Å²) >= 11 is 0. The topological polar surface area (TPSA) is 73.2 Å². The van der Waals surface area contributed by atoms with Crippen molar-refractivity contribution in [2.45, 2.75) is 76.7 Å². The van der Waals surface area contributed by atoms with Crippen LogP contribution in [-0.4, -0.2) is 35.8 Å². The van der Waals surface area contributed by atoms with Gasteiger partial charge in [-0.3, -0.25) is 9.59 Å². The van der Waals surface area contributed by atoms with Crippen LogP contribution in [0, 0.1) is 17.2 Å². The Bertz CT molecular complexity index is 984. The molecular formula is C30H39N3O2. The first kappa shape index (κ1) is 26.5. The highest BCUT2D eigenvalue weighted by Gasteiger charge is 2.36. The zero-order chi connectivity index (χ0) is 25.1. The Morgan fingerprint density at radius 2 is 1.74 bits per heavy atom. The van der Waals surface area contributed by atoms with Crippen molar-refractivity contribution in [3.05, 3.63) is 71.8 Å². The average molecular weight is 474 g/mol. The summed E-state index contributed by atoms with van der Waals surface area (Å²) in [4.78, 5) is 27.5. The molecule has 1 fully saturated rings. The summed E-state index contributed by atoms with van der Waals surface area (Å²) in [6, 6.07) is 22.5. The summed E-state index contributed by atoms with van der Waals surface area (Å²) in [5.41, 5.74) is 1.78. The van der Waals surface area contributed by atoms with E-state index in [9.17, 15) is 14.9 Å². The van der Waals surface area contributed by atoms with Crippen molar-refractivity contribution in [1.82, 2.24) is 10.2 Å². The molecule has 0 saturated carbocycles. The molecule has 1 N–H and O–H groups in total. The lowest BCUT2D eigenvalue weighted by Gasteiger charge is -2.31. The van der Waals surface area contributed by atoms with Crippen molar-refractivity contribution in [1.29, 1.82) is 5.26 Å². The highest BCUT2D eigenvalue weighted by Crippen LogP contribution is 2.37. The predicted molar refractivity (Wildman–Crippen MR) is 140 cm³/mol. The van der Waals surface area contributed by atoms with E-state index in [0.717, 1.165) is 50.5 Å². The molecule has 2 amide bonds. The first-order chi connectivity index (χ1) is 17.0. The van der Waals surface area contributed by atoms with E-state index >= 15 is 0 Å². The van der Waals surface area contributed by atoms with Gasteiger partial charge in [-0.2, -0.15) is 5.26 Å². The van der Waals surface area contributed by atoms with Crippen molar-refractivity contribution in [3.63, 3.8) is 0 Å². The van der Waals surface area contributed by atoms with E-state index in [4.69, 9.17) is 0 Å². The molecule has 3 rings (SSSR count). The quantitative estimate of drug-likeness (QED) is 0.419. The van der Waals surface area contributed by atoms with Crippen molar-refractivity contribution in [2.24, 2.45) is 5.92 Å². The monoisotopic (exact) mass is 473 g/mol. The molecule has 0 aromatic heterocycles. The number of nitrogens with one attached hydrogen (secondary N) is 1. The van der Waals surface area contributed by atoms with Crippen LogP contribution in [0.3, 0.4) is 0 Å². The summed E-state index contributed by atoms with van der Waals surface area (Å²) in [5.74, 6) is 0.203. The highest BCUT2D eigenvalue weighted by atomic mass is 16.2. The summed E-state index contributed by atoms with van der Waals surface area (Å²) in [5, 5.41) is 13.1. The Morgan fingerprint density at radius 1 is 1.06 bits per heavy atom. The van der Waals surface area contributed by atoms with Crippen LogP contribution < -0.4 is 5.32 Å². The molecule has 0 spiro atoms. The summed E-state index contributed by atoms with van der Waals surface area (Å²) in [6.45, 7) is 5.46. The van der Waals surface area contributed by atoms with E-state index in [2.05, 4.69) is 37.4 Å². The zero-order valence-corrected chi connectivity index (χ0v) is 21.2. The molecule has 5 nitrogen and oxygen atoms in total. The van der Waals surface area contributed by atoms with Gasteiger partial charge in [0.05, 0.1) is 11.5 Å². The van der Waals surface area contributed by atoms with Crippen LogP contribution in [0.5, 0.6) is 0 Å². The van der Waals surface area contributed by atoms with Gasteiger partial charge in [-0.05, 0) is 55.6 Å². The fourth-order valence-corrected chi connectivity index (χ4v) is 5.18. The normalized spacial score (nSPS) is 17.1. The lowest BCUT2D eigenvalue weighted by molar-refractivity contribution is -0.138. The summed E-state index contributed by atoms with van der Waals surface area (Å²) in [6.07, 6.45) is 6.09. The Labute approximate surface area is 210 Å². The number of carbonyl (C=O) groups is 2. The Balaban J connectivity index is 1.44. The Kier molecular flexibility index (Phi) is 9.90. The number of rotatable bonds is 12. The maximum Gasteiger partial charge on any atom is 0.242 e. The lowest BCUT2D eigenvalue weighted by atomic mass is 9.69. The number of unbranched alkanes of at least 4 members (excludes halogenated alkanes) is 1. The maximum atomic E-state index is 13.0. The molecule has 1 aliphatic heterocycles. The molecule has 2 aromatic rings. The molecule has 186 valence electrons. The maximum absolute atomic E-state index is 13.0. The lowest BCUT2D eigenvalue weighted by Crippen LogP contribution is -2.46. The molecule has 1 saturated heterocycles. The number of nitriles is 1. The van der Waals surface area contributed by atoms with Crippen LogP contribution >= 0.6 is 0 Å². The Hall–Kier alpha value is -3.13. The van der Waals surface area contributed by atoms with Crippen LogP contribution in [0.1, 0.15) is 69.9 Å². The van der Waals surface area contributed by atoms with Crippen LogP contribution in [-0.2, 0) is 21.4 Å². The third-order valence-corrected chi connectivity index (χ3v) is 7.35. The van der Waals surface area contributed by atoms with Crippen molar-refractivity contribution >= 4 is 11.8 Å². The molecule has 2 atom stereocenters. The number of likely N-dealkylation sites (tertiary alicyclic amines) is 1. The van der Waals surface area contributed by atoms with Crippen molar-refractivity contribution in [2.75, 3.05) is 13.1 Å². The second-order valence-corrected chi connectivity index (χ2v) is 9.94. The van der Waals surface area contributed by atoms with E-state index in [0.29, 0.717) is 19.5 Å². The number of nitrogens with zero attached hydrogens (tertiary/aromatic N) is 2. The van der Waals surface area contributed by atoms with Crippen LogP contribution in [0.15, 0.2) is 60.7 Å². The van der Waals surface area contributed by atoms with E-state index < -0.39 is 5.41 Å². The second kappa shape index (κ2) is 13.1. The number of hydrogen-bond donors (Lipinski definition) is 1. The molecular weight excluding hydrogens is 434 g/mol. The molecule has 5 heteroatoms. The third-order valence-electron chi connectivity index (χ3n) is 7.35. The van der Waals surface area contributed by atoms with Crippen molar-refractivity contribution < 1.29 is 9.59 Å². The fourth-order valence-electron chi connectivity index (χ4n) is 5.18. The van der Waals surface area contributed by atoms with E-state index in [1.165, 1.54) is 5.56 Å². The minimum absolute atomic E-state index is 0.0312. The van der Waals surface area contributed by atoms with Gasteiger partial charge < -0.3 is 10.2 Å². The van der Waals surface area contributed by atoms with Gasteiger partial charge in [-0.25, -0.2) is 0 Å². The molecule has 0 radical (unpaired) electrons. The van der Waals surface area contributed by atoms with Crippen LogP contribution in [0.2, 0.25) is 0 Å². The SMILES string of the molecule is CC(C)C(C#N)(CCCCC(=O)N1CCC[C@@H]1C(=O)NCCCc1ccccc1)c1ccccc1. The van der Waals surface area contributed by atoms with Gasteiger partial charge >= 0.3 is 0 Å². The minimum Gasteiger partial charge on any atom is -0.354 e. The van der Waals surface area contributed by atoms with Gasteiger partial charge in [0.15, 0.2) is 0 Å². The van der Waals surface area contributed by atoms with Crippen LogP contribution in [0.25, 0.3) is 0 Å². The molecule has 1 unspecified atom stereocenters. The number of carbonyl (C=O) groups excluding carboxylic acids is 2. The van der Waals surface area contributed by atoms with Gasteiger partial charge in [0.1, 0.15) is 6.04 Å². The second-order valence-electron chi connectivity index (χ2n) is 9.94. The molecule has 1 aliphatic rings. The first-order valence-corrected chi connectivity index (χ1v) is 13.1. The van der Waals surface area contributed by atoms with E-state index in [1.54, 1.807) is 4.90 Å². The number of amides is 2. The molecule has 0 aliphatic carbocycles. The summed E-state index contributed by atoms with van der Waals surface area (Å²) in [7, 11) is 0. The average Bonchev–Trinajstić information content (AvgIpc) is 3.38. The predicted octanol–water partition coefficient (Wildman–Crippen LogP) is 5.40. The van der Waals surface area contributed by atoms with E-state index in [1.807, 2.05) is 48.5 Å². The summed E-state index contributed by atoms with van der Waals surface area (Å²) < 4.78 is 0.